The van der Waals surface area contributed by atoms with Crippen molar-refractivity contribution in [2.45, 2.75) is 18.4 Å². The predicted molar refractivity (Wildman–Crippen MR) is 135 cm³/mol. The molecule has 0 aromatic heterocycles. The number of benzene rings is 2. The molecule has 0 saturated carbocycles. The van der Waals surface area contributed by atoms with Crippen LogP contribution in [0, 0.1) is 0 Å². The molecule has 2 saturated heterocycles. The molecule has 1 N–H and O–H groups in total. The topological polar surface area (TPSA) is 109 Å². The van der Waals surface area contributed by atoms with Gasteiger partial charge in [0.05, 0.1) is 33.1 Å². The van der Waals surface area contributed by atoms with Crippen LogP contribution in [-0.2, 0) is 25.5 Å². The van der Waals surface area contributed by atoms with E-state index in [1.54, 1.807) is 29.0 Å². The fourth-order valence-corrected chi connectivity index (χ4v) is 5.62. The van der Waals surface area contributed by atoms with Crippen LogP contribution in [0.4, 0.5) is 10.5 Å². The average molecular weight is 518 g/mol. The van der Waals surface area contributed by atoms with Gasteiger partial charge in [-0.3, -0.25) is 8.86 Å². The van der Waals surface area contributed by atoms with E-state index in [0.29, 0.717) is 32.0 Å². The van der Waals surface area contributed by atoms with Gasteiger partial charge in [0.25, 0.3) is 11.3 Å². The van der Waals surface area contributed by atoms with Crippen molar-refractivity contribution in [1.82, 2.24) is 9.80 Å². The van der Waals surface area contributed by atoms with Gasteiger partial charge in [-0.2, -0.15) is 0 Å². The number of ether oxygens (including phenoxy) is 3. The summed E-state index contributed by atoms with van der Waals surface area (Å²) in [7, 11) is 2.87. The third kappa shape index (κ3) is 5.18. The van der Waals surface area contributed by atoms with Gasteiger partial charge in [0.2, 0.25) is 0 Å². The zero-order valence-electron chi connectivity index (χ0n) is 20.4. The van der Waals surface area contributed by atoms with Crippen LogP contribution in [0.2, 0.25) is 0 Å². The lowest BCUT2D eigenvalue weighted by atomic mass is 9.86. The van der Waals surface area contributed by atoms with Crippen LogP contribution >= 0.6 is 0 Å². The van der Waals surface area contributed by atoms with Gasteiger partial charge in [0, 0.05) is 39.0 Å². The van der Waals surface area contributed by atoms with Crippen LogP contribution in [-0.4, -0.2) is 89.7 Å². The van der Waals surface area contributed by atoms with E-state index in [1.165, 1.54) is 11.4 Å². The zero-order valence-corrected chi connectivity index (χ0v) is 21.2. The summed E-state index contributed by atoms with van der Waals surface area (Å²) in [5.41, 5.74) is 0.879. The van der Waals surface area contributed by atoms with Crippen LogP contribution in [0.15, 0.2) is 48.5 Å². The highest BCUT2D eigenvalue weighted by Crippen LogP contribution is 2.37. The van der Waals surface area contributed by atoms with Crippen LogP contribution in [0.3, 0.4) is 0 Å². The van der Waals surface area contributed by atoms with Gasteiger partial charge in [-0.25, -0.2) is 13.8 Å². The minimum atomic E-state index is -2.51. The lowest BCUT2D eigenvalue weighted by molar-refractivity contribution is -0.148. The van der Waals surface area contributed by atoms with E-state index in [0.717, 1.165) is 16.9 Å². The fraction of sp³-hybridized carbons (Fsp3) is 0.440. The van der Waals surface area contributed by atoms with Gasteiger partial charge in [-0.05, 0) is 35.4 Å². The second-order valence-corrected chi connectivity index (χ2v) is 9.52. The maximum absolute atomic E-state index is 13.1. The number of carbonyl (C=O) groups excluding carboxylic acids is 2. The summed E-state index contributed by atoms with van der Waals surface area (Å²) in [4.78, 5) is 29.4. The first kappa shape index (κ1) is 25.9. The summed E-state index contributed by atoms with van der Waals surface area (Å²) < 4.78 is 39.8. The number of nitrogens with zero attached hydrogens (tertiary/aromatic N) is 3. The number of piperidine rings is 1. The first-order chi connectivity index (χ1) is 17.4. The first-order valence-corrected chi connectivity index (χ1v) is 12.8. The minimum absolute atomic E-state index is 0.114. The highest BCUT2D eigenvalue weighted by atomic mass is 32.2. The van der Waals surface area contributed by atoms with Crippen molar-refractivity contribution in [2.75, 3.05) is 57.9 Å². The monoisotopic (exact) mass is 517 g/mol. The Hall–Kier alpha value is -3.15. The molecule has 194 valence electrons. The van der Waals surface area contributed by atoms with E-state index < -0.39 is 22.8 Å². The number of morpholine rings is 1. The number of anilines is 1. The molecule has 2 heterocycles. The largest absolute Gasteiger partial charge is 0.497 e. The number of esters is 1. The Balaban J connectivity index is 1.57. The third-order valence-corrected chi connectivity index (χ3v) is 7.65. The number of carbonyl (C=O) groups is 2. The molecule has 2 fully saturated rings. The second kappa shape index (κ2) is 11.3. The summed E-state index contributed by atoms with van der Waals surface area (Å²) in [5.74, 6) is 0.137. The Morgan fingerprint density at radius 2 is 1.44 bits per heavy atom. The van der Waals surface area contributed by atoms with E-state index in [1.807, 2.05) is 36.4 Å². The van der Waals surface area contributed by atoms with Crippen molar-refractivity contribution in [3.05, 3.63) is 48.5 Å². The van der Waals surface area contributed by atoms with E-state index in [4.69, 9.17) is 14.2 Å². The summed E-state index contributed by atoms with van der Waals surface area (Å²) in [6, 6.07) is 14.5. The Bertz CT molecular complexity index is 1080. The minimum Gasteiger partial charge on any atom is -0.497 e. The maximum atomic E-state index is 13.1. The smallest absolute Gasteiger partial charge is 0.332 e. The van der Waals surface area contributed by atoms with Gasteiger partial charge in [0.15, 0.2) is 5.54 Å². The van der Waals surface area contributed by atoms with E-state index >= 15 is 0 Å². The van der Waals surface area contributed by atoms with E-state index in [-0.39, 0.29) is 32.0 Å². The summed E-state index contributed by atoms with van der Waals surface area (Å²) in [6.45, 7) is 2.53. The third-order valence-electron chi connectivity index (χ3n) is 6.78. The molecule has 2 aliphatic heterocycles. The van der Waals surface area contributed by atoms with Crippen molar-refractivity contribution in [1.29, 1.82) is 0 Å². The van der Waals surface area contributed by atoms with Gasteiger partial charge < -0.3 is 24.0 Å². The molecule has 0 radical (unpaired) electrons. The lowest BCUT2D eigenvalue weighted by Crippen LogP contribution is -2.63. The molecule has 2 aliphatic rings. The number of hydrogen-bond donors (Lipinski definition) is 1. The van der Waals surface area contributed by atoms with Crippen molar-refractivity contribution >= 4 is 29.0 Å². The van der Waals surface area contributed by atoms with Crippen molar-refractivity contribution < 1.29 is 32.6 Å². The van der Waals surface area contributed by atoms with Crippen molar-refractivity contribution in [2.24, 2.45) is 0 Å². The van der Waals surface area contributed by atoms with Crippen LogP contribution < -0.4 is 9.04 Å². The van der Waals surface area contributed by atoms with Gasteiger partial charge in [0.1, 0.15) is 5.75 Å². The number of urea groups is 1. The number of likely N-dealkylation sites (tertiary alicyclic amines) is 1. The lowest BCUT2D eigenvalue weighted by Gasteiger charge is -2.46. The van der Waals surface area contributed by atoms with Gasteiger partial charge in [-0.15, -0.1) is 0 Å². The van der Waals surface area contributed by atoms with Crippen LogP contribution in [0.1, 0.15) is 12.8 Å². The summed E-state index contributed by atoms with van der Waals surface area (Å²) >= 11 is -2.51. The highest BCUT2D eigenvalue weighted by molar-refractivity contribution is 7.80. The van der Waals surface area contributed by atoms with E-state index in [9.17, 15) is 18.4 Å². The first-order valence-electron chi connectivity index (χ1n) is 11.8. The molecular formula is C25H31N3O7S. The molecule has 4 rings (SSSR count). The number of methoxy groups -OCH3 is 2. The Morgan fingerprint density at radius 1 is 0.917 bits per heavy atom. The fourth-order valence-electron chi connectivity index (χ4n) is 4.76. The zero-order chi connectivity index (χ0) is 25.7. The highest BCUT2D eigenvalue weighted by Gasteiger charge is 2.51. The summed E-state index contributed by atoms with van der Waals surface area (Å²) in [5, 5.41) is 0. The number of amides is 2. The maximum Gasteiger partial charge on any atom is 0.332 e. The van der Waals surface area contributed by atoms with Gasteiger partial charge >= 0.3 is 12.0 Å². The number of rotatable bonds is 6. The average Bonchev–Trinajstić information content (AvgIpc) is 2.93. The molecule has 10 nitrogen and oxygen atoms in total. The molecule has 0 spiro atoms. The van der Waals surface area contributed by atoms with E-state index in [2.05, 4.69) is 0 Å². The van der Waals surface area contributed by atoms with Gasteiger partial charge in [-0.1, -0.05) is 24.3 Å². The summed E-state index contributed by atoms with van der Waals surface area (Å²) in [6.07, 6.45) is 0.310. The van der Waals surface area contributed by atoms with Crippen LogP contribution in [0.5, 0.6) is 5.75 Å². The molecule has 2 aromatic rings. The molecule has 0 bridgehead atoms. The van der Waals surface area contributed by atoms with Crippen molar-refractivity contribution in [3.8, 4) is 16.9 Å². The quantitative estimate of drug-likeness (QED) is 0.464. The SMILES string of the molecule is COC(=O)C1(N(c2ccc(-c3ccc(OC)cc3)cc2)S(=O)O)CCN(C(=O)N2CCOCC2)CC1. The standard InChI is InChI=1S/C25H31N3O7S/c1-33-22-9-5-20(6-10-22)19-3-7-21(8-4-19)28(36(31)32)25(23(29)34-2)11-13-26(14-12-25)24(30)27-15-17-35-18-16-27/h3-10H,11-18H2,1-2H3,(H,31,32). The molecular weight excluding hydrogens is 486 g/mol. The molecule has 2 amide bonds. The predicted octanol–water partition coefficient (Wildman–Crippen LogP) is 2.77. The molecule has 1 atom stereocenters. The van der Waals surface area contributed by atoms with Crippen molar-refractivity contribution in [3.63, 3.8) is 0 Å². The molecule has 11 heteroatoms. The normalized spacial score (nSPS) is 18.3. The molecule has 0 aliphatic carbocycles. The Kier molecular flexibility index (Phi) is 8.12. The Morgan fingerprint density at radius 3 is 1.94 bits per heavy atom. The number of hydrogen-bond acceptors (Lipinski definition) is 6. The Labute approximate surface area is 213 Å². The molecule has 36 heavy (non-hydrogen) atoms. The molecule has 1 unspecified atom stereocenters. The molecule has 2 aromatic carbocycles. The van der Waals surface area contributed by atoms with Crippen LogP contribution in [0.25, 0.3) is 11.1 Å². The second-order valence-electron chi connectivity index (χ2n) is 8.69.